The van der Waals surface area contributed by atoms with Crippen LogP contribution in [0.3, 0.4) is 0 Å². The van der Waals surface area contributed by atoms with Crippen LogP contribution in [0.15, 0.2) is 72.8 Å². The molecule has 0 aliphatic heterocycles. The van der Waals surface area contributed by atoms with E-state index in [2.05, 4.69) is 0 Å². The van der Waals surface area contributed by atoms with Gasteiger partial charge in [-0.05, 0) is 38.1 Å². The second kappa shape index (κ2) is 10.2. The van der Waals surface area contributed by atoms with E-state index in [9.17, 15) is 14.9 Å². The molecule has 13 heteroatoms. The average molecular weight is 648 g/mol. The summed E-state index contributed by atoms with van der Waals surface area (Å²) in [5.74, 6) is -17.3. The molecule has 5 aromatic rings. The summed E-state index contributed by atoms with van der Waals surface area (Å²) < 4.78 is 101. The van der Waals surface area contributed by atoms with Crippen molar-refractivity contribution in [3.8, 4) is 0 Å². The first kappa shape index (κ1) is 29.8. The first-order valence-corrected chi connectivity index (χ1v) is 14.7. The maximum Gasteiger partial charge on any atom is 0.380 e. The fraction of sp³-hybridized carbons (Fsp3) is 0.194. The molecule has 2 aromatic heterocycles. The number of alkyl halides is 6. The van der Waals surface area contributed by atoms with Crippen molar-refractivity contribution in [1.29, 1.82) is 0 Å². The Hall–Kier alpha value is -4.23. The van der Waals surface area contributed by atoms with Gasteiger partial charge in [-0.2, -0.15) is 26.3 Å². The Morgan fingerprint density at radius 1 is 0.795 bits per heavy atom. The van der Waals surface area contributed by atoms with Crippen molar-refractivity contribution in [2.75, 3.05) is 0 Å². The Morgan fingerprint density at radius 3 is 1.86 bits per heavy atom. The lowest BCUT2D eigenvalue weighted by Gasteiger charge is -2.26. The molecule has 0 spiro atoms. The minimum absolute atomic E-state index is 0.0172. The van der Waals surface area contributed by atoms with Gasteiger partial charge >= 0.3 is 23.7 Å². The molecule has 2 heterocycles. The van der Waals surface area contributed by atoms with E-state index in [-0.39, 0.29) is 37.3 Å². The SMILES string of the molecule is Cc1sc2ccccc2c1C1=C(c2c([C@H](C)OC(=O)c3ccc([N+](=O)[O-])cc3)sc3ccccc23)C(F)(F)C(F)(F)C1(F)F. The number of nitro benzene ring substituents is 1. The van der Waals surface area contributed by atoms with Crippen LogP contribution in [0.2, 0.25) is 0 Å². The van der Waals surface area contributed by atoms with Gasteiger partial charge in [0.2, 0.25) is 0 Å². The first-order chi connectivity index (χ1) is 20.7. The highest BCUT2D eigenvalue weighted by molar-refractivity contribution is 7.19. The third-order valence-electron chi connectivity index (χ3n) is 7.53. The molecule has 0 amide bonds. The van der Waals surface area contributed by atoms with Crippen molar-refractivity contribution in [3.63, 3.8) is 0 Å². The second-order valence-corrected chi connectivity index (χ2v) is 12.5. The van der Waals surface area contributed by atoms with Crippen LogP contribution in [0.25, 0.3) is 31.3 Å². The van der Waals surface area contributed by atoms with Crippen molar-refractivity contribution in [3.05, 3.63) is 109 Å². The number of esters is 1. The average Bonchev–Trinajstić information content (AvgIpc) is 3.55. The monoisotopic (exact) mass is 647 g/mol. The second-order valence-electron chi connectivity index (χ2n) is 10.2. The third-order valence-corrected chi connectivity index (χ3v) is 9.95. The Labute approximate surface area is 253 Å². The normalized spacial score (nSPS) is 17.7. The van der Waals surface area contributed by atoms with Gasteiger partial charge in [0.1, 0.15) is 6.10 Å². The lowest BCUT2D eigenvalue weighted by atomic mass is 9.91. The van der Waals surface area contributed by atoms with Gasteiger partial charge < -0.3 is 4.74 Å². The van der Waals surface area contributed by atoms with Crippen LogP contribution in [-0.4, -0.2) is 28.7 Å². The summed E-state index contributed by atoms with van der Waals surface area (Å²) in [6, 6.07) is 16.5. The number of fused-ring (bicyclic) bond motifs is 2. The molecular formula is C31H19F6NO4S2. The number of hydrogen-bond donors (Lipinski definition) is 0. The summed E-state index contributed by atoms with van der Waals surface area (Å²) in [5.41, 5.74) is -4.33. The van der Waals surface area contributed by atoms with Crippen LogP contribution in [0.5, 0.6) is 0 Å². The topological polar surface area (TPSA) is 69.4 Å². The van der Waals surface area contributed by atoms with Gasteiger partial charge in [0.25, 0.3) is 5.69 Å². The minimum Gasteiger partial charge on any atom is -0.453 e. The van der Waals surface area contributed by atoms with E-state index in [4.69, 9.17) is 4.74 Å². The van der Waals surface area contributed by atoms with Crippen LogP contribution in [0, 0.1) is 17.0 Å². The lowest BCUT2D eigenvalue weighted by Crippen LogP contribution is -2.49. The number of carbonyl (C=O) groups is 1. The van der Waals surface area contributed by atoms with E-state index in [1.165, 1.54) is 44.2 Å². The van der Waals surface area contributed by atoms with E-state index in [0.717, 1.165) is 46.9 Å². The standard InChI is InChI=1S/C31H19F6NO4S2/c1-15(42-28(39)17-11-13-18(14-12-17)38(40)41)27-24(20-8-4-6-10-22(20)44-27)26-25(29(32,33)31(36,37)30(26,34)35)23-16(2)43-21-9-5-3-7-19(21)23/h3-15H,1-2H3/t15-/m0/s1. The summed E-state index contributed by atoms with van der Waals surface area (Å²) >= 11 is 1.87. The molecule has 5 nitrogen and oxygen atoms in total. The summed E-state index contributed by atoms with van der Waals surface area (Å²) in [7, 11) is 0. The number of benzene rings is 3. The van der Waals surface area contributed by atoms with Gasteiger partial charge in [0.15, 0.2) is 0 Å². The molecule has 1 aliphatic rings. The molecule has 0 saturated heterocycles. The highest BCUT2D eigenvalue weighted by Gasteiger charge is 2.80. The summed E-state index contributed by atoms with van der Waals surface area (Å²) in [6.45, 7) is 2.73. The quantitative estimate of drug-likeness (QED) is 0.0796. The maximum atomic E-state index is 16.0. The first-order valence-electron chi connectivity index (χ1n) is 13.0. The van der Waals surface area contributed by atoms with E-state index in [0.29, 0.717) is 9.40 Å². The molecule has 0 N–H and O–H groups in total. The number of carbonyl (C=O) groups excluding carboxylic acids is 1. The number of rotatable bonds is 6. The van der Waals surface area contributed by atoms with Crippen LogP contribution >= 0.6 is 22.7 Å². The van der Waals surface area contributed by atoms with Crippen molar-refractivity contribution >= 4 is 65.6 Å². The van der Waals surface area contributed by atoms with Gasteiger partial charge in [-0.25, -0.2) is 4.79 Å². The van der Waals surface area contributed by atoms with Gasteiger partial charge in [0, 0.05) is 59.5 Å². The maximum absolute atomic E-state index is 16.0. The molecule has 0 saturated carbocycles. The van der Waals surface area contributed by atoms with Gasteiger partial charge in [-0.15, -0.1) is 22.7 Å². The van der Waals surface area contributed by atoms with Crippen molar-refractivity contribution in [2.45, 2.75) is 37.7 Å². The fourth-order valence-corrected chi connectivity index (χ4v) is 7.74. The number of allylic oxidation sites excluding steroid dienone is 2. The van der Waals surface area contributed by atoms with Crippen LogP contribution in [0.1, 0.15) is 44.3 Å². The number of nitro groups is 1. The Kier molecular flexibility index (Phi) is 6.89. The lowest BCUT2D eigenvalue weighted by molar-refractivity contribution is -0.384. The number of halogens is 6. The Bertz CT molecular complexity index is 2010. The van der Waals surface area contributed by atoms with Gasteiger partial charge in [-0.3, -0.25) is 10.1 Å². The predicted molar refractivity (Wildman–Crippen MR) is 157 cm³/mol. The molecule has 226 valence electrons. The number of aryl methyl sites for hydroxylation is 1. The summed E-state index contributed by atoms with van der Waals surface area (Å²) in [4.78, 5) is 23.3. The molecule has 6 rings (SSSR count). The van der Waals surface area contributed by atoms with E-state index in [1.807, 2.05) is 0 Å². The summed E-state index contributed by atoms with van der Waals surface area (Å²) in [6.07, 6.45) is -1.36. The number of ether oxygens (including phenoxy) is 1. The molecule has 0 fully saturated rings. The van der Waals surface area contributed by atoms with E-state index >= 15 is 26.3 Å². The largest absolute Gasteiger partial charge is 0.453 e. The number of hydrogen-bond acceptors (Lipinski definition) is 6. The van der Waals surface area contributed by atoms with Crippen LogP contribution < -0.4 is 0 Å². The zero-order valence-electron chi connectivity index (χ0n) is 22.7. The number of non-ortho nitro benzene ring substituents is 1. The van der Waals surface area contributed by atoms with Gasteiger partial charge in [-0.1, -0.05) is 36.4 Å². The van der Waals surface area contributed by atoms with Gasteiger partial charge in [0.05, 0.1) is 15.4 Å². The molecule has 0 radical (unpaired) electrons. The Balaban J connectivity index is 1.60. The number of thiophene rings is 2. The highest BCUT2D eigenvalue weighted by Crippen LogP contribution is 2.67. The van der Waals surface area contributed by atoms with E-state index in [1.54, 1.807) is 18.2 Å². The third kappa shape index (κ3) is 4.24. The summed E-state index contributed by atoms with van der Waals surface area (Å²) in [5, 5.41) is 11.1. The highest BCUT2D eigenvalue weighted by atomic mass is 32.1. The minimum atomic E-state index is -5.78. The molecule has 1 atom stereocenters. The molecule has 0 unspecified atom stereocenters. The van der Waals surface area contributed by atoms with Crippen LogP contribution in [-0.2, 0) is 4.74 Å². The van der Waals surface area contributed by atoms with Crippen molar-refractivity contribution in [2.24, 2.45) is 0 Å². The zero-order chi connectivity index (χ0) is 31.8. The molecule has 44 heavy (non-hydrogen) atoms. The van der Waals surface area contributed by atoms with Crippen LogP contribution in [0.4, 0.5) is 32.0 Å². The Morgan fingerprint density at radius 2 is 1.30 bits per heavy atom. The molecule has 1 aliphatic carbocycles. The predicted octanol–water partition coefficient (Wildman–Crippen LogP) is 10.1. The molecule has 0 bridgehead atoms. The smallest absolute Gasteiger partial charge is 0.380 e. The molecular weight excluding hydrogens is 628 g/mol. The van der Waals surface area contributed by atoms with Crippen molar-refractivity contribution in [1.82, 2.24) is 0 Å². The fourth-order valence-electron chi connectivity index (χ4n) is 5.48. The van der Waals surface area contributed by atoms with E-state index < -0.39 is 51.5 Å². The van der Waals surface area contributed by atoms with Crippen molar-refractivity contribution < 1.29 is 40.8 Å². The zero-order valence-corrected chi connectivity index (χ0v) is 24.3. The number of nitrogens with zero attached hydrogens (tertiary/aromatic N) is 1. The molecule has 3 aromatic carbocycles.